The number of carbonyl (C=O) groups excluding carboxylic acids is 1. The van der Waals surface area contributed by atoms with Gasteiger partial charge in [-0.1, -0.05) is 0 Å². The lowest BCUT2D eigenvalue weighted by Crippen LogP contribution is -2.48. The van der Waals surface area contributed by atoms with E-state index < -0.39 is 0 Å². The average Bonchev–Trinajstić information content (AvgIpc) is 3.10. The molecule has 2 aromatic rings. The van der Waals surface area contributed by atoms with E-state index in [1.54, 1.807) is 23.5 Å². The lowest BCUT2D eigenvalue weighted by atomic mass is 9.99. The van der Waals surface area contributed by atoms with E-state index in [-0.39, 0.29) is 5.91 Å². The minimum Gasteiger partial charge on any atom is -0.337 e. The second-order valence-electron chi connectivity index (χ2n) is 6.20. The summed E-state index contributed by atoms with van der Waals surface area (Å²) in [7, 11) is 0. The molecule has 2 aliphatic rings. The van der Waals surface area contributed by atoms with Gasteiger partial charge in [-0.05, 0) is 36.3 Å². The summed E-state index contributed by atoms with van der Waals surface area (Å²) in [5.41, 5.74) is 1.95. The maximum atomic E-state index is 12.4. The number of hydrogen-bond donors (Lipinski definition) is 0. The van der Waals surface area contributed by atoms with Crippen LogP contribution in [0.3, 0.4) is 0 Å². The Morgan fingerprint density at radius 2 is 2.09 bits per heavy atom. The Hall–Kier alpha value is -1.79. The number of likely N-dealkylation sites (tertiary alicyclic amines) is 1. The van der Waals surface area contributed by atoms with Crippen molar-refractivity contribution in [1.82, 2.24) is 19.8 Å². The van der Waals surface area contributed by atoms with Gasteiger partial charge in [-0.25, -0.2) is 4.98 Å². The molecule has 2 aromatic heterocycles. The van der Waals surface area contributed by atoms with Crippen LogP contribution in [-0.2, 0) is 13.0 Å². The summed E-state index contributed by atoms with van der Waals surface area (Å²) < 4.78 is 0. The van der Waals surface area contributed by atoms with Crippen molar-refractivity contribution < 1.29 is 4.79 Å². The Morgan fingerprint density at radius 1 is 1.22 bits per heavy atom. The Bertz CT molecular complexity index is 679. The summed E-state index contributed by atoms with van der Waals surface area (Å²) in [5.74, 6) is 0.00955. The molecule has 4 rings (SSSR count). The van der Waals surface area contributed by atoms with E-state index in [1.807, 2.05) is 16.2 Å². The number of piperidine rings is 1. The van der Waals surface area contributed by atoms with Crippen LogP contribution < -0.4 is 0 Å². The van der Waals surface area contributed by atoms with Gasteiger partial charge in [-0.3, -0.25) is 14.7 Å². The van der Waals surface area contributed by atoms with Gasteiger partial charge in [0.05, 0.1) is 6.20 Å². The van der Waals surface area contributed by atoms with Crippen LogP contribution in [0.1, 0.15) is 33.8 Å². The highest BCUT2D eigenvalue weighted by Crippen LogP contribution is 2.28. The van der Waals surface area contributed by atoms with Crippen LogP contribution in [0, 0.1) is 0 Å². The maximum absolute atomic E-state index is 12.4. The van der Waals surface area contributed by atoms with Crippen LogP contribution in [0.15, 0.2) is 30.0 Å². The standard InChI is InChI=1S/C17H20N4OS/c22-17(15-11-18-5-6-19-15)20-7-1-14(2-8-20)21-9-3-16-13(12-21)4-10-23-16/h4-6,10-11,14H,1-3,7-9,12H2. The molecule has 2 aliphatic heterocycles. The molecule has 5 nitrogen and oxygen atoms in total. The normalized spacial score (nSPS) is 19.6. The minimum absolute atomic E-state index is 0.00955. The summed E-state index contributed by atoms with van der Waals surface area (Å²) in [4.78, 5) is 26.6. The zero-order valence-corrected chi connectivity index (χ0v) is 13.8. The van der Waals surface area contributed by atoms with Crippen molar-refractivity contribution in [2.24, 2.45) is 0 Å². The van der Waals surface area contributed by atoms with E-state index in [0.29, 0.717) is 11.7 Å². The molecule has 120 valence electrons. The molecule has 0 aliphatic carbocycles. The lowest BCUT2D eigenvalue weighted by Gasteiger charge is -2.40. The van der Waals surface area contributed by atoms with Crippen molar-refractivity contribution in [3.8, 4) is 0 Å². The average molecular weight is 328 g/mol. The number of amides is 1. The fourth-order valence-electron chi connectivity index (χ4n) is 3.59. The molecule has 6 heteroatoms. The zero-order chi connectivity index (χ0) is 15.6. The Morgan fingerprint density at radius 3 is 2.87 bits per heavy atom. The van der Waals surface area contributed by atoms with Crippen molar-refractivity contribution >= 4 is 17.2 Å². The lowest BCUT2D eigenvalue weighted by molar-refractivity contribution is 0.0595. The highest BCUT2D eigenvalue weighted by atomic mass is 32.1. The number of nitrogens with zero attached hydrogens (tertiary/aromatic N) is 4. The molecule has 0 aromatic carbocycles. The highest BCUT2D eigenvalue weighted by molar-refractivity contribution is 7.10. The third-order valence-corrected chi connectivity index (χ3v) is 5.91. The predicted molar refractivity (Wildman–Crippen MR) is 89.4 cm³/mol. The van der Waals surface area contributed by atoms with Crippen molar-refractivity contribution in [1.29, 1.82) is 0 Å². The molecule has 0 bridgehead atoms. The van der Waals surface area contributed by atoms with Gasteiger partial charge < -0.3 is 4.90 Å². The number of fused-ring (bicyclic) bond motifs is 1. The molecule has 0 saturated carbocycles. The fourth-order valence-corrected chi connectivity index (χ4v) is 4.48. The number of hydrogen-bond acceptors (Lipinski definition) is 5. The summed E-state index contributed by atoms with van der Waals surface area (Å²) in [5, 5.41) is 2.20. The third-order valence-electron chi connectivity index (χ3n) is 4.89. The minimum atomic E-state index is 0.00955. The number of carbonyl (C=O) groups is 1. The molecule has 0 unspecified atom stereocenters. The van der Waals surface area contributed by atoms with E-state index in [2.05, 4.69) is 26.3 Å². The second kappa shape index (κ2) is 6.37. The smallest absolute Gasteiger partial charge is 0.274 e. The van der Waals surface area contributed by atoms with Crippen molar-refractivity contribution in [3.63, 3.8) is 0 Å². The molecule has 0 spiro atoms. The summed E-state index contributed by atoms with van der Waals surface area (Å²) in [6.45, 7) is 3.85. The van der Waals surface area contributed by atoms with Gasteiger partial charge in [0, 0.05) is 49.5 Å². The first-order valence-electron chi connectivity index (χ1n) is 8.16. The SMILES string of the molecule is O=C(c1cnccn1)N1CCC(N2CCc3sccc3C2)CC1. The van der Waals surface area contributed by atoms with Gasteiger partial charge >= 0.3 is 0 Å². The van der Waals surface area contributed by atoms with E-state index >= 15 is 0 Å². The number of rotatable bonds is 2. The van der Waals surface area contributed by atoms with Crippen LogP contribution in [0.2, 0.25) is 0 Å². The van der Waals surface area contributed by atoms with Crippen LogP contribution in [0.25, 0.3) is 0 Å². The Labute approximate surface area is 140 Å². The second-order valence-corrected chi connectivity index (χ2v) is 7.20. The fraction of sp³-hybridized carbons (Fsp3) is 0.471. The van der Waals surface area contributed by atoms with Crippen molar-refractivity contribution in [3.05, 3.63) is 46.2 Å². The van der Waals surface area contributed by atoms with Crippen LogP contribution >= 0.6 is 11.3 Å². The first-order chi connectivity index (χ1) is 11.3. The van der Waals surface area contributed by atoms with E-state index in [1.165, 1.54) is 12.0 Å². The van der Waals surface area contributed by atoms with Gasteiger partial charge in [0.25, 0.3) is 5.91 Å². The van der Waals surface area contributed by atoms with Crippen LogP contribution in [0.5, 0.6) is 0 Å². The highest BCUT2D eigenvalue weighted by Gasteiger charge is 2.29. The van der Waals surface area contributed by atoms with E-state index in [0.717, 1.165) is 39.0 Å². The van der Waals surface area contributed by atoms with Crippen molar-refractivity contribution in [2.75, 3.05) is 19.6 Å². The molecule has 0 atom stereocenters. The maximum Gasteiger partial charge on any atom is 0.274 e. The zero-order valence-electron chi connectivity index (χ0n) is 13.0. The van der Waals surface area contributed by atoms with Crippen LogP contribution in [0.4, 0.5) is 0 Å². The molecule has 0 N–H and O–H groups in total. The van der Waals surface area contributed by atoms with Gasteiger partial charge in [0.2, 0.25) is 0 Å². The molecule has 1 fully saturated rings. The third kappa shape index (κ3) is 3.01. The van der Waals surface area contributed by atoms with Crippen LogP contribution in [-0.4, -0.2) is 51.4 Å². The molecule has 0 radical (unpaired) electrons. The molecule has 23 heavy (non-hydrogen) atoms. The van der Waals surface area contributed by atoms with Gasteiger partial charge in [-0.2, -0.15) is 0 Å². The largest absolute Gasteiger partial charge is 0.337 e. The summed E-state index contributed by atoms with van der Waals surface area (Å²) >= 11 is 1.88. The predicted octanol–water partition coefficient (Wildman–Crippen LogP) is 2.20. The number of thiophene rings is 1. The summed E-state index contributed by atoms with van der Waals surface area (Å²) in [6.07, 6.45) is 7.99. The quantitative estimate of drug-likeness (QED) is 0.848. The summed E-state index contributed by atoms with van der Waals surface area (Å²) in [6, 6.07) is 2.85. The molecule has 4 heterocycles. The van der Waals surface area contributed by atoms with Gasteiger partial charge in [0.15, 0.2) is 0 Å². The van der Waals surface area contributed by atoms with Gasteiger partial charge in [0.1, 0.15) is 5.69 Å². The first kappa shape index (κ1) is 14.8. The molecular formula is C17H20N4OS. The first-order valence-corrected chi connectivity index (χ1v) is 9.04. The number of aromatic nitrogens is 2. The molecule has 1 amide bonds. The monoisotopic (exact) mass is 328 g/mol. The van der Waals surface area contributed by atoms with Gasteiger partial charge in [-0.15, -0.1) is 11.3 Å². The Balaban J connectivity index is 1.36. The molecule has 1 saturated heterocycles. The topological polar surface area (TPSA) is 49.3 Å². The van der Waals surface area contributed by atoms with Crippen molar-refractivity contribution in [2.45, 2.75) is 31.8 Å². The van der Waals surface area contributed by atoms with E-state index in [9.17, 15) is 4.79 Å². The van der Waals surface area contributed by atoms with E-state index in [4.69, 9.17) is 0 Å². The molecular weight excluding hydrogens is 308 g/mol. The Kier molecular flexibility index (Phi) is 4.10.